The number of nitrogens with one attached hydrogen (secondary N) is 1. The summed E-state index contributed by atoms with van der Waals surface area (Å²) in [6.45, 7) is 0.580. The van der Waals surface area contributed by atoms with Gasteiger partial charge in [0.25, 0.3) is 0 Å². The van der Waals surface area contributed by atoms with Crippen molar-refractivity contribution >= 4 is 28.5 Å². The predicted molar refractivity (Wildman–Crippen MR) is 75.4 cm³/mol. The molecule has 4 nitrogen and oxygen atoms in total. The Morgan fingerprint density at radius 3 is 3.05 bits per heavy atom. The SMILES string of the molecule is O=C1CCC(n2c(CCCl)nc3cc(F)ccc32)CN1. The first kappa shape index (κ1) is 13.4. The van der Waals surface area contributed by atoms with Gasteiger partial charge in [0.05, 0.1) is 17.1 Å². The van der Waals surface area contributed by atoms with Crippen LogP contribution in [0.5, 0.6) is 0 Å². The van der Waals surface area contributed by atoms with Crippen molar-refractivity contribution in [2.24, 2.45) is 0 Å². The summed E-state index contributed by atoms with van der Waals surface area (Å²) in [5.74, 6) is 1.10. The first-order chi connectivity index (χ1) is 9.69. The van der Waals surface area contributed by atoms with Crippen LogP contribution in [0.2, 0.25) is 0 Å². The summed E-state index contributed by atoms with van der Waals surface area (Å²) < 4.78 is 15.4. The molecule has 1 saturated heterocycles. The van der Waals surface area contributed by atoms with Gasteiger partial charge in [0.15, 0.2) is 0 Å². The molecule has 20 heavy (non-hydrogen) atoms. The zero-order chi connectivity index (χ0) is 14.1. The summed E-state index contributed by atoms with van der Waals surface area (Å²) in [4.78, 5) is 15.8. The van der Waals surface area contributed by atoms with Gasteiger partial charge >= 0.3 is 0 Å². The van der Waals surface area contributed by atoms with Crippen molar-refractivity contribution < 1.29 is 9.18 Å². The summed E-state index contributed by atoms with van der Waals surface area (Å²) in [6, 6.07) is 4.77. The number of alkyl halides is 1. The Balaban J connectivity index is 2.06. The van der Waals surface area contributed by atoms with Gasteiger partial charge in [-0.05, 0) is 18.6 Å². The highest BCUT2D eigenvalue weighted by atomic mass is 35.5. The summed E-state index contributed by atoms with van der Waals surface area (Å²) in [7, 11) is 0. The van der Waals surface area contributed by atoms with Crippen LogP contribution in [0.3, 0.4) is 0 Å². The molecule has 1 fully saturated rings. The Morgan fingerprint density at radius 1 is 1.50 bits per heavy atom. The first-order valence-electron chi connectivity index (χ1n) is 6.68. The third-order valence-electron chi connectivity index (χ3n) is 3.65. The van der Waals surface area contributed by atoms with Gasteiger partial charge in [0, 0.05) is 31.3 Å². The summed E-state index contributed by atoms with van der Waals surface area (Å²) >= 11 is 5.83. The fourth-order valence-electron chi connectivity index (χ4n) is 2.73. The molecule has 2 heterocycles. The van der Waals surface area contributed by atoms with Gasteiger partial charge in [-0.25, -0.2) is 9.37 Å². The highest BCUT2D eigenvalue weighted by Crippen LogP contribution is 2.26. The monoisotopic (exact) mass is 295 g/mol. The number of piperidine rings is 1. The van der Waals surface area contributed by atoms with E-state index in [1.165, 1.54) is 12.1 Å². The second-order valence-corrected chi connectivity index (χ2v) is 5.34. The molecule has 0 aliphatic carbocycles. The zero-order valence-electron chi connectivity index (χ0n) is 10.9. The maximum Gasteiger partial charge on any atom is 0.220 e. The van der Waals surface area contributed by atoms with Crippen molar-refractivity contribution in [3.8, 4) is 0 Å². The number of imidazole rings is 1. The molecule has 3 rings (SSSR count). The van der Waals surface area contributed by atoms with Crippen molar-refractivity contribution in [2.75, 3.05) is 12.4 Å². The number of halogens is 2. The molecule has 0 bridgehead atoms. The van der Waals surface area contributed by atoms with Crippen molar-refractivity contribution in [1.82, 2.24) is 14.9 Å². The largest absolute Gasteiger partial charge is 0.354 e. The Labute approximate surface area is 120 Å². The van der Waals surface area contributed by atoms with Gasteiger partial charge in [-0.1, -0.05) is 0 Å². The first-order valence-corrected chi connectivity index (χ1v) is 7.21. The number of rotatable bonds is 3. The van der Waals surface area contributed by atoms with Gasteiger partial charge in [-0.15, -0.1) is 11.6 Å². The van der Waals surface area contributed by atoms with Crippen LogP contribution in [0.1, 0.15) is 24.7 Å². The average molecular weight is 296 g/mol. The summed E-state index contributed by atoms with van der Waals surface area (Å²) in [6.07, 6.45) is 1.90. The van der Waals surface area contributed by atoms with E-state index in [-0.39, 0.29) is 17.8 Å². The van der Waals surface area contributed by atoms with E-state index in [0.29, 0.717) is 30.8 Å². The number of nitrogens with zero attached hydrogens (tertiary/aromatic N) is 2. The van der Waals surface area contributed by atoms with E-state index in [1.807, 2.05) is 0 Å². The molecule has 1 N–H and O–H groups in total. The van der Waals surface area contributed by atoms with Gasteiger partial charge in [-0.3, -0.25) is 4.79 Å². The van der Waals surface area contributed by atoms with Crippen LogP contribution in [0, 0.1) is 5.82 Å². The standard InChI is InChI=1S/C14H15ClFN3O/c15-6-5-13-18-11-7-9(16)1-3-12(11)19(13)10-2-4-14(20)17-8-10/h1,3,7,10H,2,4-6,8H2,(H,17,20). The number of carbonyl (C=O) groups excluding carboxylic acids is 1. The molecule has 106 valence electrons. The molecule has 1 aromatic carbocycles. The van der Waals surface area contributed by atoms with E-state index < -0.39 is 0 Å². The number of aromatic nitrogens is 2. The van der Waals surface area contributed by atoms with Crippen LogP contribution in [-0.4, -0.2) is 27.9 Å². The Kier molecular flexibility index (Phi) is 3.61. The number of carbonyl (C=O) groups is 1. The normalized spacial score (nSPS) is 19.3. The third kappa shape index (κ3) is 2.38. The lowest BCUT2D eigenvalue weighted by Gasteiger charge is -2.26. The molecular formula is C14H15ClFN3O. The van der Waals surface area contributed by atoms with Crippen LogP contribution in [0.15, 0.2) is 18.2 Å². The lowest BCUT2D eigenvalue weighted by molar-refractivity contribution is -0.122. The molecule has 6 heteroatoms. The molecule has 1 aliphatic heterocycles. The molecule has 1 unspecified atom stereocenters. The number of hydrogen-bond donors (Lipinski definition) is 1. The van der Waals surface area contributed by atoms with E-state index in [2.05, 4.69) is 14.9 Å². The fourth-order valence-corrected chi connectivity index (χ4v) is 2.90. The van der Waals surface area contributed by atoms with Crippen LogP contribution in [-0.2, 0) is 11.2 Å². The summed E-state index contributed by atoms with van der Waals surface area (Å²) in [5, 5.41) is 2.87. The minimum absolute atomic E-state index is 0.0793. The molecule has 1 atom stereocenters. The second-order valence-electron chi connectivity index (χ2n) is 4.97. The lowest BCUT2D eigenvalue weighted by atomic mass is 10.1. The van der Waals surface area contributed by atoms with Gasteiger partial charge in [-0.2, -0.15) is 0 Å². The fraction of sp³-hybridized carbons (Fsp3) is 0.429. The molecule has 0 spiro atoms. The van der Waals surface area contributed by atoms with Crippen molar-refractivity contribution in [3.63, 3.8) is 0 Å². The van der Waals surface area contributed by atoms with E-state index in [0.717, 1.165) is 17.8 Å². The number of amides is 1. The third-order valence-corrected chi connectivity index (χ3v) is 3.84. The average Bonchev–Trinajstić information content (AvgIpc) is 2.77. The van der Waals surface area contributed by atoms with Crippen LogP contribution in [0.25, 0.3) is 11.0 Å². The van der Waals surface area contributed by atoms with Crippen LogP contribution in [0.4, 0.5) is 4.39 Å². The quantitative estimate of drug-likeness (QED) is 0.884. The number of fused-ring (bicyclic) bond motifs is 1. The van der Waals surface area contributed by atoms with E-state index in [4.69, 9.17) is 11.6 Å². The number of benzene rings is 1. The van der Waals surface area contributed by atoms with E-state index in [9.17, 15) is 9.18 Å². The van der Waals surface area contributed by atoms with Gasteiger partial charge < -0.3 is 9.88 Å². The van der Waals surface area contributed by atoms with E-state index in [1.54, 1.807) is 6.07 Å². The maximum absolute atomic E-state index is 13.3. The smallest absolute Gasteiger partial charge is 0.220 e. The molecule has 2 aromatic rings. The molecule has 1 amide bonds. The molecule has 0 radical (unpaired) electrons. The minimum atomic E-state index is -0.295. The minimum Gasteiger partial charge on any atom is -0.354 e. The highest BCUT2D eigenvalue weighted by molar-refractivity contribution is 6.17. The van der Waals surface area contributed by atoms with Crippen molar-refractivity contribution in [2.45, 2.75) is 25.3 Å². The molecule has 1 aromatic heterocycles. The number of hydrogen-bond acceptors (Lipinski definition) is 2. The molecule has 1 aliphatic rings. The maximum atomic E-state index is 13.3. The van der Waals surface area contributed by atoms with Crippen molar-refractivity contribution in [3.05, 3.63) is 29.8 Å². The van der Waals surface area contributed by atoms with Crippen molar-refractivity contribution in [1.29, 1.82) is 0 Å². The van der Waals surface area contributed by atoms with Gasteiger partial charge in [0.2, 0.25) is 5.91 Å². The number of aryl methyl sites for hydroxylation is 1. The lowest BCUT2D eigenvalue weighted by Crippen LogP contribution is -2.36. The predicted octanol–water partition coefficient (Wildman–Crippen LogP) is 2.41. The highest BCUT2D eigenvalue weighted by Gasteiger charge is 2.23. The Hall–Kier alpha value is -1.62. The topological polar surface area (TPSA) is 46.9 Å². The summed E-state index contributed by atoms with van der Waals surface area (Å²) in [5.41, 5.74) is 1.54. The van der Waals surface area contributed by atoms with E-state index >= 15 is 0 Å². The Bertz CT molecular complexity index is 645. The second kappa shape index (κ2) is 5.40. The molecular weight excluding hydrogens is 281 g/mol. The molecule has 0 saturated carbocycles. The van der Waals surface area contributed by atoms with Crippen LogP contribution >= 0.6 is 11.6 Å². The Morgan fingerprint density at radius 2 is 2.35 bits per heavy atom. The zero-order valence-corrected chi connectivity index (χ0v) is 11.7. The van der Waals surface area contributed by atoms with Gasteiger partial charge in [0.1, 0.15) is 11.6 Å². The van der Waals surface area contributed by atoms with Crippen LogP contribution < -0.4 is 5.32 Å².